The summed E-state index contributed by atoms with van der Waals surface area (Å²) in [5.74, 6) is -1.17. The van der Waals surface area contributed by atoms with E-state index in [0.29, 0.717) is 12.2 Å². The third-order valence-corrected chi connectivity index (χ3v) is 3.76. The SMILES string of the molecule is COC(=O)c1nc(C2Cc3ccccc3N2)n(C)c(=O)c1O. The van der Waals surface area contributed by atoms with Crippen molar-refractivity contribution in [1.29, 1.82) is 0 Å². The van der Waals surface area contributed by atoms with E-state index in [1.54, 1.807) is 0 Å². The molecule has 0 radical (unpaired) electrons. The average molecular weight is 301 g/mol. The first kappa shape index (κ1) is 14.1. The van der Waals surface area contributed by atoms with Gasteiger partial charge in [-0.05, 0) is 11.6 Å². The van der Waals surface area contributed by atoms with Crippen LogP contribution in [0.5, 0.6) is 5.75 Å². The van der Waals surface area contributed by atoms with Gasteiger partial charge in [-0.2, -0.15) is 0 Å². The second-order valence-electron chi connectivity index (χ2n) is 5.08. The Morgan fingerprint density at radius 2 is 2.18 bits per heavy atom. The highest BCUT2D eigenvalue weighted by Gasteiger charge is 2.28. The van der Waals surface area contributed by atoms with E-state index in [1.165, 1.54) is 18.7 Å². The van der Waals surface area contributed by atoms with Crippen molar-refractivity contribution in [3.8, 4) is 5.75 Å². The summed E-state index contributed by atoms with van der Waals surface area (Å²) in [6.45, 7) is 0. The lowest BCUT2D eigenvalue weighted by Gasteiger charge is -2.16. The Labute approximate surface area is 126 Å². The van der Waals surface area contributed by atoms with Crippen molar-refractivity contribution in [2.45, 2.75) is 12.5 Å². The molecule has 2 N–H and O–H groups in total. The number of benzene rings is 1. The monoisotopic (exact) mass is 301 g/mol. The predicted octanol–water partition coefficient (Wildman–Crippen LogP) is 0.982. The number of aromatic hydroxyl groups is 1. The third-order valence-electron chi connectivity index (χ3n) is 3.76. The quantitative estimate of drug-likeness (QED) is 0.803. The highest BCUT2D eigenvalue weighted by atomic mass is 16.5. The molecule has 0 aliphatic carbocycles. The van der Waals surface area contributed by atoms with Crippen LogP contribution in [0.15, 0.2) is 29.1 Å². The first-order valence-corrected chi connectivity index (χ1v) is 6.75. The molecule has 0 bridgehead atoms. The fourth-order valence-corrected chi connectivity index (χ4v) is 2.61. The molecule has 1 aromatic heterocycles. The van der Waals surface area contributed by atoms with Crippen LogP contribution in [0.25, 0.3) is 0 Å². The normalized spacial score (nSPS) is 16.0. The molecule has 0 saturated carbocycles. The second kappa shape index (κ2) is 5.18. The largest absolute Gasteiger partial charge is 0.501 e. The number of esters is 1. The number of rotatable bonds is 2. The summed E-state index contributed by atoms with van der Waals surface area (Å²) in [7, 11) is 2.68. The van der Waals surface area contributed by atoms with Gasteiger partial charge < -0.3 is 15.2 Å². The van der Waals surface area contributed by atoms with Crippen molar-refractivity contribution < 1.29 is 14.6 Å². The number of nitrogens with zero attached hydrogens (tertiary/aromatic N) is 2. The van der Waals surface area contributed by atoms with Crippen LogP contribution >= 0.6 is 0 Å². The number of carbonyl (C=O) groups excluding carboxylic acids is 1. The molecule has 114 valence electrons. The van der Waals surface area contributed by atoms with Crippen LogP contribution in [-0.2, 0) is 18.2 Å². The van der Waals surface area contributed by atoms with Crippen LogP contribution in [0.1, 0.15) is 27.9 Å². The number of nitrogens with one attached hydrogen (secondary N) is 1. The Morgan fingerprint density at radius 3 is 2.86 bits per heavy atom. The first-order chi connectivity index (χ1) is 10.5. The zero-order valence-corrected chi connectivity index (χ0v) is 12.2. The highest BCUT2D eigenvalue weighted by molar-refractivity contribution is 5.89. The molecule has 0 fully saturated rings. The molecule has 0 saturated heterocycles. The number of anilines is 1. The van der Waals surface area contributed by atoms with E-state index >= 15 is 0 Å². The Bertz CT molecular complexity index is 788. The maximum Gasteiger partial charge on any atom is 0.360 e. The number of hydrogen-bond donors (Lipinski definition) is 2. The molecule has 0 amide bonds. The molecule has 1 unspecified atom stereocenters. The first-order valence-electron chi connectivity index (χ1n) is 6.75. The average Bonchev–Trinajstić information content (AvgIpc) is 2.96. The van der Waals surface area contributed by atoms with E-state index in [2.05, 4.69) is 15.0 Å². The molecule has 22 heavy (non-hydrogen) atoms. The Kier molecular flexibility index (Phi) is 3.32. The molecule has 7 heteroatoms. The van der Waals surface area contributed by atoms with Crippen molar-refractivity contribution >= 4 is 11.7 Å². The number of ether oxygens (including phenoxy) is 1. The molecular formula is C15H15N3O4. The smallest absolute Gasteiger partial charge is 0.360 e. The zero-order chi connectivity index (χ0) is 15.9. The lowest BCUT2D eigenvalue weighted by molar-refractivity contribution is 0.0589. The predicted molar refractivity (Wildman–Crippen MR) is 79.0 cm³/mol. The van der Waals surface area contributed by atoms with E-state index in [9.17, 15) is 14.7 Å². The number of methoxy groups -OCH3 is 1. The van der Waals surface area contributed by atoms with Gasteiger partial charge in [-0.1, -0.05) is 18.2 Å². The molecule has 1 atom stereocenters. The number of para-hydroxylation sites is 1. The lowest BCUT2D eigenvalue weighted by atomic mass is 10.1. The van der Waals surface area contributed by atoms with E-state index < -0.39 is 17.3 Å². The van der Waals surface area contributed by atoms with Crippen molar-refractivity contribution in [2.75, 3.05) is 12.4 Å². The Morgan fingerprint density at radius 1 is 1.45 bits per heavy atom. The van der Waals surface area contributed by atoms with Gasteiger partial charge in [0.1, 0.15) is 5.82 Å². The standard InChI is InChI=1S/C15H15N3O4/c1-18-13(10-7-8-5-3-4-6-9(8)16-10)17-11(15(21)22-2)12(19)14(18)20/h3-6,10,16,19H,7H2,1-2H3. The van der Waals surface area contributed by atoms with Gasteiger partial charge in [0, 0.05) is 19.2 Å². The van der Waals surface area contributed by atoms with Crippen molar-refractivity contribution in [3.63, 3.8) is 0 Å². The van der Waals surface area contributed by atoms with Gasteiger partial charge in [-0.25, -0.2) is 9.78 Å². The summed E-state index contributed by atoms with van der Waals surface area (Å²) in [5, 5.41) is 13.1. The minimum Gasteiger partial charge on any atom is -0.501 e. The van der Waals surface area contributed by atoms with Crippen molar-refractivity contribution in [1.82, 2.24) is 9.55 Å². The van der Waals surface area contributed by atoms with Crippen molar-refractivity contribution in [2.24, 2.45) is 7.05 Å². The van der Waals surface area contributed by atoms with Gasteiger partial charge in [0.2, 0.25) is 5.75 Å². The minimum atomic E-state index is -0.841. The van der Waals surface area contributed by atoms with Crippen LogP contribution in [-0.4, -0.2) is 27.7 Å². The highest BCUT2D eigenvalue weighted by Crippen LogP contribution is 2.33. The lowest BCUT2D eigenvalue weighted by Crippen LogP contribution is -2.28. The van der Waals surface area contributed by atoms with E-state index in [-0.39, 0.29) is 11.7 Å². The van der Waals surface area contributed by atoms with Gasteiger partial charge in [-0.15, -0.1) is 0 Å². The molecular weight excluding hydrogens is 286 g/mol. The fourth-order valence-electron chi connectivity index (χ4n) is 2.61. The maximum atomic E-state index is 12.1. The van der Waals surface area contributed by atoms with Gasteiger partial charge >= 0.3 is 5.97 Å². The van der Waals surface area contributed by atoms with Crippen LogP contribution in [0.4, 0.5) is 5.69 Å². The summed E-state index contributed by atoms with van der Waals surface area (Å²) in [6.07, 6.45) is 0.641. The fraction of sp³-hybridized carbons (Fsp3) is 0.267. The van der Waals surface area contributed by atoms with Crippen LogP contribution < -0.4 is 10.9 Å². The van der Waals surface area contributed by atoms with Crippen LogP contribution in [0, 0.1) is 0 Å². The van der Waals surface area contributed by atoms with Gasteiger partial charge in [0.05, 0.1) is 13.2 Å². The maximum absolute atomic E-state index is 12.1. The van der Waals surface area contributed by atoms with E-state index in [0.717, 1.165) is 11.3 Å². The van der Waals surface area contributed by atoms with Gasteiger partial charge in [-0.3, -0.25) is 9.36 Å². The minimum absolute atomic E-state index is 0.251. The third kappa shape index (κ3) is 2.11. The number of hydrogen-bond acceptors (Lipinski definition) is 6. The molecule has 7 nitrogen and oxygen atoms in total. The Balaban J connectivity index is 2.07. The van der Waals surface area contributed by atoms with Gasteiger partial charge in [0.25, 0.3) is 5.56 Å². The van der Waals surface area contributed by atoms with Gasteiger partial charge in [0.15, 0.2) is 5.69 Å². The van der Waals surface area contributed by atoms with Crippen molar-refractivity contribution in [3.05, 3.63) is 51.7 Å². The molecule has 1 aromatic carbocycles. The molecule has 1 aliphatic heterocycles. The number of carbonyl (C=O) groups is 1. The summed E-state index contributed by atoms with van der Waals surface area (Å²) < 4.78 is 5.80. The molecule has 0 spiro atoms. The summed E-state index contributed by atoms with van der Waals surface area (Å²) >= 11 is 0. The second-order valence-corrected chi connectivity index (χ2v) is 5.08. The van der Waals surface area contributed by atoms with Crippen LogP contribution in [0.2, 0.25) is 0 Å². The number of aromatic nitrogens is 2. The van der Waals surface area contributed by atoms with Crippen LogP contribution in [0.3, 0.4) is 0 Å². The van der Waals surface area contributed by atoms with E-state index in [1.807, 2.05) is 24.3 Å². The van der Waals surface area contributed by atoms with E-state index in [4.69, 9.17) is 0 Å². The Hall–Kier alpha value is -2.83. The molecule has 3 rings (SSSR count). The zero-order valence-electron chi connectivity index (χ0n) is 12.2. The number of fused-ring (bicyclic) bond motifs is 1. The molecule has 2 aromatic rings. The summed E-state index contributed by atoms with van der Waals surface area (Å²) in [6, 6.07) is 7.53. The molecule has 1 aliphatic rings. The summed E-state index contributed by atoms with van der Waals surface area (Å²) in [4.78, 5) is 27.9. The summed E-state index contributed by atoms with van der Waals surface area (Å²) in [5.41, 5.74) is 1.03. The molecule has 2 heterocycles. The topological polar surface area (TPSA) is 93.5 Å².